The number of phenols is 2. The van der Waals surface area contributed by atoms with Crippen molar-refractivity contribution in [1.82, 2.24) is 25.0 Å². The lowest BCUT2D eigenvalue weighted by Crippen LogP contribution is -2.29. The van der Waals surface area contributed by atoms with Crippen molar-refractivity contribution in [2.24, 2.45) is 0 Å². The topological polar surface area (TPSA) is 136 Å². The largest absolute Gasteiger partial charge is 0.508 e. The number of rotatable bonds is 11. The van der Waals surface area contributed by atoms with Gasteiger partial charge in [0.25, 0.3) is 5.91 Å². The van der Waals surface area contributed by atoms with Crippen molar-refractivity contribution >= 4 is 11.6 Å². The lowest BCUT2D eigenvalue weighted by atomic mass is 9.98. The van der Waals surface area contributed by atoms with Crippen LogP contribution >= 0.6 is 0 Å². The minimum Gasteiger partial charge on any atom is -0.508 e. The lowest BCUT2D eigenvalue weighted by Gasteiger charge is -2.15. The molecule has 0 bridgehead atoms. The fraction of sp³-hybridized carbons (Fsp3) is 0.400. The number of aliphatic hydroxyl groups is 1. The van der Waals surface area contributed by atoms with Crippen molar-refractivity contribution in [3.63, 3.8) is 0 Å². The van der Waals surface area contributed by atoms with Crippen molar-refractivity contribution in [3.05, 3.63) is 47.8 Å². The Morgan fingerprint density at radius 3 is 2.40 bits per heavy atom. The Morgan fingerprint density at radius 1 is 1.06 bits per heavy atom. The first-order chi connectivity index (χ1) is 16.7. The van der Waals surface area contributed by atoms with E-state index in [-0.39, 0.29) is 42.2 Å². The number of nitrogens with one attached hydrogen (secondary N) is 2. The van der Waals surface area contributed by atoms with Crippen LogP contribution < -0.4 is 10.6 Å². The highest BCUT2D eigenvalue weighted by molar-refractivity contribution is 5.92. The first kappa shape index (κ1) is 26.0. The molecular formula is C25H34N6O4. The summed E-state index contributed by atoms with van der Waals surface area (Å²) in [6, 6.07) is 10.4. The maximum absolute atomic E-state index is 12.8. The van der Waals surface area contributed by atoms with Crippen LogP contribution in [0, 0.1) is 0 Å². The molecule has 0 fully saturated rings. The Balaban J connectivity index is 2.02. The number of aromatic hydroxyl groups is 2. The summed E-state index contributed by atoms with van der Waals surface area (Å²) >= 11 is 0. The SMILES string of the molecule is CC(C)c1cc(-c2nnc(C(=O)NCCO)n2-c2ccc(NCCCN(C)C)cc2)c(O)cc1O. The van der Waals surface area contributed by atoms with Crippen molar-refractivity contribution in [2.75, 3.05) is 45.7 Å². The summed E-state index contributed by atoms with van der Waals surface area (Å²) in [6.45, 7) is 5.52. The number of aliphatic hydroxyl groups excluding tert-OH is 1. The van der Waals surface area contributed by atoms with E-state index in [1.165, 1.54) is 6.07 Å². The molecule has 188 valence electrons. The predicted molar refractivity (Wildman–Crippen MR) is 135 cm³/mol. The van der Waals surface area contributed by atoms with E-state index in [1.807, 2.05) is 52.2 Å². The molecule has 0 saturated carbocycles. The van der Waals surface area contributed by atoms with Gasteiger partial charge in [0.2, 0.25) is 5.82 Å². The van der Waals surface area contributed by atoms with Gasteiger partial charge in [-0.2, -0.15) is 0 Å². The Bertz CT molecular complexity index is 1140. The fourth-order valence-corrected chi connectivity index (χ4v) is 3.69. The second-order valence-electron chi connectivity index (χ2n) is 8.88. The van der Waals surface area contributed by atoms with E-state index in [0.717, 1.165) is 25.2 Å². The number of phenolic OH excluding ortho intramolecular Hbond substituents is 2. The zero-order valence-electron chi connectivity index (χ0n) is 20.6. The highest BCUT2D eigenvalue weighted by Gasteiger charge is 2.24. The van der Waals surface area contributed by atoms with Crippen molar-refractivity contribution in [2.45, 2.75) is 26.2 Å². The minimum atomic E-state index is -0.508. The van der Waals surface area contributed by atoms with Crippen LogP contribution in [0.5, 0.6) is 11.5 Å². The molecule has 0 radical (unpaired) electrons. The van der Waals surface area contributed by atoms with Gasteiger partial charge >= 0.3 is 0 Å². The number of carbonyl (C=O) groups excluding carboxylic acids is 1. The van der Waals surface area contributed by atoms with Crippen molar-refractivity contribution in [3.8, 4) is 28.6 Å². The maximum Gasteiger partial charge on any atom is 0.289 e. The van der Waals surface area contributed by atoms with Crippen LogP contribution in [0.3, 0.4) is 0 Å². The fourth-order valence-electron chi connectivity index (χ4n) is 3.69. The summed E-state index contributed by atoms with van der Waals surface area (Å²) < 4.78 is 1.55. The van der Waals surface area contributed by atoms with Gasteiger partial charge in [0.1, 0.15) is 11.5 Å². The van der Waals surface area contributed by atoms with E-state index < -0.39 is 5.91 Å². The van der Waals surface area contributed by atoms with Crippen LogP contribution in [0.15, 0.2) is 36.4 Å². The van der Waals surface area contributed by atoms with Gasteiger partial charge < -0.3 is 30.9 Å². The molecule has 0 aliphatic rings. The quantitative estimate of drug-likeness (QED) is 0.263. The molecule has 3 rings (SSSR count). The minimum absolute atomic E-state index is 0.00380. The molecule has 0 saturated heterocycles. The molecule has 0 spiro atoms. The number of carbonyl (C=O) groups is 1. The Kier molecular flexibility index (Phi) is 8.67. The summed E-state index contributed by atoms with van der Waals surface area (Å²) in [5.41, 5.74) is 2.53. The third-order valence-corrected chi connectivity index (χ3v) is 5.51. The Hall–Kier alpha value is -3.63. The van der Waals surface area contributed by atoms with E-state index in [0.29, 0.717) is 16.8 Å². The first-order valence-electron chi connectivity index (χ1n) is 11.6. The molecule has 1 heterocycles. The zero-order chi connectivity index (χ0) is 25.5. The van der Waals surface area contributed by atoms with Gasteiger partial charge in [0.15, 0.2) is 5.82 Å². The molecule has 1 aromatic heterocycles. The molecule has 0 aliphatic carbocycles. The summed E-state index contributed by atoms with van der Waals surface area (Å²) in [5.74, 6) is -0.439. The molecule has 0 atom stereocenters. The van der Waals surface area contributed by atoms with Crippen LogP contribution in [0.25, 0.3) is 17.1 Å². The zero-order valence-corrected chi connectivity index (χ0v) is 20.6. The third kappa shape index (κ3) is 6.28. The van der Waals surface area contributed by atoms with Gasteiger partial charge in [-0.05, 0) is 68.9 Å². The average Bonchev–Trinajstić information content (AvgIpc) is 3.25. The van der Waals surface area contributed by atoms with Crippen LogP contribution in [0.2, 0.25) is 0 Å². The number of nitrogens with zero attached hydrogens (tertiary/aromatic N) is 4. The second-order valence-corrected chi connectivity index (χ2v) is 8.88. The molecule has 0 unspecified atom stereocenters. The van der Waals surface area contributed by atoms with Crippen LogP contribution in [-0.4, -0.2) is 81.2 Å². The van der Waals surface area contributed by atoms with E-state index in [2.05, 4.69) is 25.7 Å². The highest BCUT2D eigenvalue weighted by Crippen LogP contribution is 2.38. The van der Waals surface area contributed by atoms with Crippen LogP contribution in [0.1, 0.15) is 42.4 Å². The summed E-state index contributed by atoms with van der Waals surface area (Å²) in [5, 5.41) is 44.3. The standard InChI is InChI=1S/C25H34N6O4/c1-16(2)19-14-20(22(34)15-21(19)33)23-28-29-24(25(35)27-11-13-32)31(23)18-8-6-17(7-9-18)26-10-5-12-30(3)4/h6-9,14-16,26,32-34H,5,10-13H2,1-4H3,(H,27,35). The number of hydrogen-bond acceptors (Lipinski definition) is 8. The monoisotopic (exact) mass is 482 g/mol. The van der Waals surface area contributed by atoms with E-state index in [4.69, 9.17) is 5.11 Å². The molecule has 10 heteroatoms. The smallest absolute Gasteiger partial charge is 0.289 e. The second kappa shape index (κ2) is 11.7. The van der Waals surface area contributed by atoms with E-state index in [9.17, 15) is 15.0 Å². The van der Waals surface area contributed by atoms with Crippen LogP contribution in [-0.2, 0) is 0 Å². The van der Waals surface area contributed by atoms with Gasteiger partial charge in [0.05, 0.1) is 12.2 Å². The molecule has 0 aliphatic heterocycles. The Morgan fingerprint density at radius 2 is 1.77 bits per heavy atom. The molecule has 5 N–H and O–H groups in total. The van der Waals surface area contributed by atoms with Crippen molar-refractivity contribution < 1.29 is 20.1 Å². The number of benzene rings is 2. The van der Waals surface area contributed by atoms with Crippen molar-refractivity contribution in [1.29, 1.82) is 0 Å². The molecular weight excluding hydrogens is 448 g/mol. The van der Waals surface area contributed by atoms with Gasteiger partial charge in [0, 0.05) is 30.5 Å². The normalized spacial score (nSPS) is 11.3. The lowest BCUT2D eigenvalue weighted by molar-refractivity contribution is 0.0932. The first-order valence-corrected chi connectivity index (χ1v) is 11.6. The van der Waals surface area contributed by atoms with Gasteiger partial charge in [-0.15, -0.1) is 10.2 Å². The number of aromatic nitrogens is 3. The highest BCUT2D eigenvalue weighted by atomic mass is 16.3. The van der Waals surface area contributed by atoms with Crippen LogP contribution in [0.4, 0.5) is 5.69 Å². The van der Waals surface area contributed by atoms with E-state index >= 15 is 0 Å². The molecule has 35 heavy (non-hydrogen) atoms. The Labute approximate surface area is 205 Å². The van der Waals surface area contributed by atoms with E-state index in [1.54, 1.807) is 10.6 Å². The van der Waals surface area contributed by atoms with Gasteiger partial charge in [-0.1, -0.05) is 13.8 Å². The maximum atomic E-state index is 12.8. The molecule has 3 aromatic rings. The molecule has 1 amide bonds. The molecule has 10 nitrogen and oxygen atoms in total. The summed E-state index contributed by atoms with van der Waals surface area (Å²) in [7, 11) is 4.08. The third-order valence-electron chi connectivity index (χ3n) is 5.51. The number of amides is 1. The van der Waals surface area contributed by atoms with Gasteiger partial charge in [-0.25, -0.2) is 0 Å². The number of hydrogen-bond donors (Lipinski definition) is 5. The predicted octanol–water partition coefficient (Wildman–Crippen LogP) is 2.55. The summed E-state index contributed by atoms with van der Waals surface area (Å²) in [4.78, 5) is 14.9. The summed E-state index contributed by atoms with van der Waals surface area (Å²) in [6.07, 6.45) is 0.998. The van der Waals surface area contributed by atoms with Gasteiger partial charge in [-0.3, -0.25) is 9.36 Å². The molecule has 2 aromatic carbocycles. The number of anilines is 1. The average molecular weight is 483 g/mol.